The lowest BCUT2D eigenvalue weighted by molar-refractivity contribution is 0.0677. The molecule has 1 heterocycles. The second-order valence-electron chi connectivity index (χ2n) is 5.05. The van der Waals surface area contributed by atoms with Gasteiger partial charge in [-0.05, 0) is 5.56 Å². The van der Waals surface area contributed by atoms with E-state index in [0.29, 0.717) is 11.1 Å². The minimum absolute atomic E-state index is 0.0330. The van der Waals surface area contributed by atoms with Gasteiger partial charge in [-0.2, -0.15) is 5.26 Å². The number of benzene rings is 2. The van der Waals surface area contributed by atoms with Crippen LogP contribution in [0.2, 0.25) is 0 Å². The zero-order valence-electron chi connectivity index (χ0n) is 11.8. The Balaban J connectivity index is 2.02. The van der Waals surface area contributed by atoms with Crippen LogP contribution in [0.25, 0.3) is 0 Å². The maximum absolute atomic E-state index is 12.7. The van der Waals surface area contributed by atoms with E-state index < -0.39 is 12.0 Å². The lowest BCUT2D eigenvalue weighted by atomic mass is 9.85. The van der Waals surface area contributed by atoms with Gasteiger partial charge in [-0.15, -0.1) is 0 Å². The van der Waals surface area contributed by atoms with Gasteiger partial charge >= 0.3 is 0 Å². The Morgan fingerprint density at radius 1 is 1.05 bits per heavy atom. The van der Waals surface area contributed by atoms with E-state index in [2.05, 4.69) is 6.07 Å². The Morgan fingerprint density at radius 2 is 1.64 bits per heavy atom. The lowest BCUT2D eigenvalue weighted by Gasteiger charge is -2.18. The third-order valence-electron chi connectivity index (χ3n) is 3.73. The smallest absolute Gasteiger partial charge is 0.204 e. The summed E-state index contributed by atoms with van der Waals surface area (Å²) in [4.78, 5) is 12.7. The Morgan fingerprint density at radius 3 is 2.23 bits per heavy atom. The summed E-state index contributed by atoms with van der Waals surface area (Å²) in [6.45, 7) is 0. The molecular formula is C18H14N2O2. The molecule has 2 N–H and O–H groups in total. The number of hydrogen-bond donors (Lipinski definition) is 1. The zero-order chi connectivity index (χ0) is 15.5. The Labute approximate surface area is 128 Å². The second kappa shape index (κ2) is 5.74. The maximum atomic E-state index is 12.7. The molecule has 2 aromatic rings. The van der Waals surface area contributed by atoms with Crippen LogP contribution in [0.3, 0.4) is 0 Å². The molecule has 22 heavy (non-hydrogen) atoms. The topological polar surface area (TPSA) is 76.1 Å². The molecule has 2 unspecified atom stereocenters. The van der Waals surface area contributed by atoms with Crippen LogP contribution in [0.5, 0.6) is 0 Å². The molecule has 4 heteroatoms. The minimum Gasteiger partial charge on any atom is -0.466 e. The van der Waals surface area contributed by atoms with E-state index in [4.69, 9.17) is 10.5 Å². The van der Waals surface area contributed by atoms with Crippen LogP contribution >= 0.6 is 0 Å². The molecule has 2 atom stereocenters. The monoisotopic (exact) mass is 290 g/mol. The molecule has 0 aromatic heterocycles. The molecule has 0 spiro atoms. The van der Waals surface area contributed by atoms with Crippen LogP contribution in [-0.2, 0) is 4.74 Å². The van der Waals surface area contributed by atoms with Gasteiger partial charge < -0.3 is 10.5 Å². The average molecular weight is 290 g/mol. The molecule has 2 aromatic carbocycles. The van der Waals surface area contributed by atoms with Crippen LogP contribution in [-0.4, -0.2) is 11.9 Å². The molecule has 108 valence electrons. The van der Waals surface area contributed by atoms with Crippen molar-refractivity contribution in [2.75, 3.05) is 0 Å². The lowest BCUT2D eigenvalue weighted by Crippen LogP contribution is -2.27. The number of nitrogens with zero attached hydrogens (tertiary/aromatic N) is 1. The Kier molecular flexibility index (Phi) is 3.63. The number of ether oxygens (including phenoxy) is 1. The maximum Gasteiger partial charge on any atom is 0.204 e. The molecule has 0 amide bonds. The number of carbonyl (C=O) groups excluding carboxylic acids is 1. The second-order valence-corrected chi connectivity index (χ2v) is 5.05. The fourth-order valence-electron chi connectivity index (χ4n) is 2.67. The van der Waals surface area contributed by atoms with Crippen molar-refractivity contribution in [2.24, 2.45) is 5.73 Å². The number of carbonyl (C=O) groups is 1. The number of nitrogens with two attached hydrogens (primary N) is 1. The largest absolute Gasteiger partial charge is 0.466 e. The van der Waals surface area contributed by atoms with Crippen LogP contribution in [0.4, 0.5) is 0 Å². The molecule has 1 aliphatic rings. The molecule has 1 aliphatic heterocycles. The highest BCUT2D eigenvalue weighted by Gasteiger charge is 2.42. The highest BCUT2D eigenvalue weighted by Crippen LogP contribution is 2.38. The van der Waals surface area contributed by atoms with E-state index >= 15 is 0 Å². The Hall–Kier alpha value is -3.06. The molecule has 0 radical (unpaired) electrons. The van der Waals surface area contributed by atoms with Gasteiger partial charge in [0.2, 0.25) is 5.78 Å². The normalized spacial score (nSPS) is 20.3. The van der Waals surface area contributed by atoms with E-state index in [-0.39, 0.29) is 11.7 Å². The van der Waals surface area contributed by atoms with Crippen molar-refractivity contribution in [1.29, 1.82) is 5.26 Å². The third-order valence-corrected chi connectivity index (χ3v) is 3.73. The minimum atomic E-state index is -0.806. The summed E-state index contributed by atoms with van der Waals surface area (Å²) in [6.07, 6.45) is -0.806. The first kappa shape index (κ1) is 13.9. The molecule has 0 saturated carbocycles. The first-order chi connectivity index (χ1) is 10.7. The molecule has 3 rings (SSSR count). The van der Waals surface area contributed by atoms with Crippen molar-refractivity contribution in [3.05, 3.63) is 83.2 Å². The van der Waals surface area contributed by atoms with Gasteiger partial charge in [0.25, 0.3) is 0 Å². The number of hydrogen-bond acceptors (Lipinski definition) is 4. The summed E-state index contributed by atoms with van der Waals surface area (Å²) in [5, 5.41) is 9.36. The summed E-state index contributed by atoms with van der Waals surface area (Å²) in [6, 6.07) is 20.3. The summed E-state index contributed by atoms with van der Waals surface area (Å²) in [7, 11) is 0. The van der Waals surface area contributed by atoms with E-state index in [9.17, 15) is 10.1 Å². The third kappa shape index (κ3) is 2.33. The first-order valence-electron chi connectivity index (χ1n) is 6.93. The van der Waals surface area contributed by atoms with E-state index in [1.165, 1.54) is 0 Å². The highest BCUT2D eigenvalue weighted by atomic mass is 16.5. The quantitative estimate of drug-likeness (QED) is 0.882. The molecule has 0 bridgehead atoms. The van der Waals surface area contributed by atoms with Gasteiger partial charge in [0.15, 0.2) is 12.0 Å². The fourth-order valence-corrected chi connectivity index (χ4v) is 2.67. The number of rotatable bonds is 3. The van der Waals surface area contributed by atoms with Crippen LogP contribution < -0.4 is 5.73 Å². The van der Waals surface area contributed by atoms with Crippen LogP contribution in [0.15, 0.2) is 72.1 Å². The predicted octanol–water partition coefficient (Wildman–Crippen LogP) is 2.75. The number of nitriles is 1. The van der Waals surface area contributed by atoms with Gasteiger partial charge in [0, 0.05) is 5.56 Å². The molecule has 0 fully saturated rings. The van der Waals surface area contributed by atoms with Crippen molar-refractivity contribution < 1.29 is 9.53 Å². The van der Waals surface area contributed by atoms with Gasteiger partial charge in [0.05, 0.1) is 5.92 Å². The summed E-state index contributed by atoms with van der Waals surface area (Å²) in [5.74, 6) is -0.618. The fraction of sp³-hybridized carbons (Fsp3) is 0.111. The van der Waals surface area contributed by atoms with E-state index in [1.807, 2.05) is 36.4 Å². The number of Topliss-reactive ketones (excluding diaryl/α,β-unsaturated/α-hetero) is 1. The van der Waals surface area contributed by atoms with Gasteiger partial charge in [-0.25, -0.2) is 0 Å². The predicted molar refractivity (Wildman–Crippen MR) is 81.7 cm³/mol. The van der Waals surface area contributed by atoms with Crippen molar-refractivity contribution in [3.63, 3.8) is 0 Å². The summed E-state index contributed by atoms with van der Waals surface area (Å²) < 4.78 is 5.53. The highest BCUT2D eigenvalue weighted by molar-refractivity contribution is 6.01. The molecule has 0 saturated heterocycles. The van der Waals surface area contributed by atoms with Crippen LogP contribution in [0, 0.1) is 11.3 Å². The van der Waals surface area contributed by atoms with E-state index in [1.54, 1.807) is 24.3 Å². The summed E-state index contributed by atoms with van der Waals surface area (Å²) >= 11 is 0. The zero-order valence-corrected chi connectivity index (χ0v) is 11.8. The Bertz CT molecular complexity index is 761. The van der Waals surface area contributed by atoms with Crippen molar-refractivity contribution in [3.8, 4) is 6.07 Å². The molecular weight excluding hydrogens is 276 g/mol. The van der Waals surface area contributed by atoms with Crippen molar-refractivity contribution in [1.82, 2.24) is 0 Å². The standard InChI is InChI=1S/C18H14N2O2/c19-11-14-15(12-7-3-1-4-8-12)17(22-18(14)20)16(21)13-9-5-2-6-10-13/h1-10,15,17H,20H2. The van der Waals surface area contributed by atoms with Gasteiger partial charge in [-0.3, -0.25) is 4.79 Å². The molecule has 4 nitrogen and oxygen atoms in total. The molecule has 0 aliphatic carbocycles. The van der Waals surface area contributed by atoms with Gasteiger partial charge in [-0.1, -0.05) is 60.7 Å². The average Bonchev–Trinajstić information content (AvgIpc) is 2.92. The first-order valence-corrected chi connectivity index (χ1v) is 6.93. The van der Waals surface area contributed by atoms with Crippen molar-refractivity contribution >= 4 is 5.78 Å². The SMILES string of the molecule is N#CC1=C(N)OC(C(=O)c2ccccc2)C1c1ccccc1. The number of ketones is 1. The van der Waals surface area contributed by atoms with Crippen LogP contribution in [0.1, 0.15) is 21.8 Å². The van der Waals surface area contributed by atoms with Gasteiger partial charge in [0.1, 0.15) is 11.6 Å². The van der Waals surface area contributed by atoms with Crippen molar-refractivity contribution in [2.45, 2.75) is 12.0 Å². The summed E-state index contributed by atoms with van der Waals surface area (Å²) in [5.41, 5.74) is 7.50. The van der Waals surface area contributed by atoms with E-state index in [0.717, 1.165) is 5.56 Å².